The summed E-state index contributed by atoms with van der Waals surface area (Å²) in [6.07, 6.45) is 2.87. The summed E-state index contributed by atoms with van der Waals surface area (Å²) in [5.41, 5.74) is 5.97. The number of rotatable bonds is 1. The number of likely N-dealkylation sites (tertiary alicyclic amines) is 1. The zero-order valence-corrected chi connectivity index (χ0v) is 6.59. The van der Waals surface area contributed by atoms with E-state index in [0.29, 0.717) is 6.04 Å². The van der Waals surface area contributed by atoms with Crippen molar-refractivity contribution in [1.82, 2.24) is 4.90 Å². The van der Waals surface area contributed by atoms with Crippen molar-refractivity contribution in [3.05, 3.63) is 0 Å². The second kappa shape index (κ2) is 2.21. The van der Waals surface area contributed by atoms with Crippen LogP contribution in [0.2, 0.25) is 0 Å². The molecule has 10 heavy (non-hydrogen) atoms. The SMILES string of the molecule is CN1C[C@@H](N)[C@H](C2CC2)C1. The molecule has 0 spiro atoms. The molecular formula is C8H16N2. The summed E-state index contributed by atoms with van der Waals surface area (Å²) in [6.45, 7) is 2.35. The fourth-order valence-corrected chi connectivity index (χ4v) is 2.09. The van der Waals surface area contributed by atoms with E-state index in [-0.39, 0.29) is 0 Å². The van der Waals surface area contributed by atoms with Crippen molar-refractivity contribution in [2.24, 2.45) is 17.6 Å². The van der Waals surface area contributed by atoms with Crippen LogP contribution in [0, 0.1) is 11.8 Å². The van der Waals surface area contributed by atoms with E-state index >= 15 is 0 Å². The Bertz CT molecular complexity index is 131. The lowest BCUT2D eigenvalue weighted by Gasteiger charge is -2.11. The first kappa shape index (κ1) is 6.62. The molecule has 1 saturated carbocycles. The van der Waals surface area contributed by atoms with Crippen molar-refractivity contribution in [3.63, 3.8) is 0 Å². The maximum atomic E-state index is 5.97. The van der Waals surface area contributed by atoms with Crippen molar-refractivity contribution < 1.29 is 0 Å². The lowest BCUT2D eigenvalue weighted by molar-refractivity contribution is 0.380. The summed E-state index contributed by atoms with van der Waals surface area (Å²) in [6, 6.07) is 0.470. The van der Waals surface area contributed by atoms with E-state index in [1.165, 1.54) is 19.4 Å². The van der Waals surface area contributed by atoms with Crippen LogP contribution < -0.4 is 5.73 Å². The first-order valence-corrected chi connectivity index (χ1v) is 4.21. The molecule has 1 heterocycles. The van der Waals surface area contributed by atoms with E-state index in [0.717, 1.165) is 18.4 Å². The highest BCUT2D eigenvalue weighted by molar-refractivity contribution is 4.94. The molecule has 0 aromatic rings. The molecular weight excluding hydrogens is 124 g/mol. The molecule has 58 valence electrons. The molecule has 2 rings (SSSR count). The zero-order chi connectivity index (χ0) is 7.14. The molecule has 0 unspecified atom stereocenters. The second-order valence-electron chi connectivity index (χ2n) is 3.89. The minimum atomic E-state index is 0.470. The van der Waals surface area contributed by atoms with Crippen LogP contribution in [-0.2, 0) is 0 Å². The van der Waals surface area contributed by atoms with Crippen molar-refractivity contribution in [2.75, 3.05) is 20.1 Å². The molecule has 0 amide bonds. The van der Waals surface area contributed by atoms with Gasteiger partial charge < -0.3 is 10.6 Å². The maximum Gasteiger partial charge on any atom is 0.0211 e. The molecule has 1 aliphatic heterocycles. The zero-order valence-electron chi connectivity index (χ0n) is 6.59. The topological polar surface area (TPSA) is 29.3 Å². The van der Waals surface area contributed by atoms with E-state index in [4.69, 9.17) is 5.73 Å². The Labute approximate surface area is 62.4 Å². The molecule has 2 N–H and O–H groups in total. The van der Waals surface area contributed by atoms with E-state index in [9.17, 15) is 0 Å². The second-order valence-corrected chi connectivity index (χ2v) is 3.89. The Kier molecular flexibility index (Phi) is 1.46. The third-order valence-electron chi connectivity index (χ3n) is 2.82. The highest BCUT2D eigenvalue weighted by Crippen LogP contribution is 2.40. The van der Waals surface area contributed by atoms with Crippen LogP contribution in [-0.4, -0.2) is 31.1 Å². The molecule has 2 nitrogen and oxygen atoms in total. The first-order chi connectivity index (χ1) is 4.77. The van der Waals surface area contributed by atoms with Gasteiger partial charge in [-0.3, -0.25) is 0 Å². The molecule has 0 aromatic heterocycles. The molecule has 0 bridgehead atoms. The Hall–Kier alpha value is -0.0800. The minimum absolute atomic E-state index is 0.470. The molecule has 1 saturated heterocycles. The third kappa shape index (κ3) is 1.06. The van der Waals surface area contributed by atoms with E-state index in [2.05, 4.69) is 11.9 Å². The van der Waals surface area contributed by atoms with Gasteiger partial charge in [0, 0.05) is 19.1 Å². The summed E-state index contributed by atoms with van der Waals surface area (Å²) in [5, 5.41) is 0. The van der Waals surface area contributed by atoms with Gasteiger partial charge in [0.05, 0.1) is 0 Å². The molecule has 2 aliphatic rings. The normalized spacial score (nSPS) is 42.6. The molecule has 2 fully saturated rings. The number of nitrogens with two attached hydrogens (primary N) is 1. The van der Waals surface area contributed by atoms with Crippen molar-refractivity contribution >= 4 is 0 Å². The fraction of sp³-hybridized carbons (Fsp3) is 1.00. The van der Waals surface area contributed by atoms with Crippen LogP contribution in [0.15, 0.2) is 0 Å². The lowest BCUT2D eigenvalue weighted by atomic mass is 9.99. The predicted octanol–water partition coefficient (Wildman–Crippen LogP) is 0.285. The molecule has 0 radical (unpaired) electrons. The number of nitrogens with zero attached hydrogens (tertiary/aromatic N) is 1. The first-order valence-electron chi connectivity index (χ1n) is 4.21. The molecule has 1 aliphatic carbocycles. The van der Waals surface area contributed by atoms with Gasteiger partial charge in [-0.05, 0) is 31.7 Å². The van der Waals surface area contributed by atoms with Gasteiger partial charge in [0.25, 0.3) is 0 Å². The Morgan fingerprint density at radius 1 is 1.30 bits per heavy atom. The average molecular weight is 140 g/mol. The molecule has 0 aromatic carbocycles. The average Bonchev–Trinajstić information content (AvgIpc) is 2.61. The lowest BCUT2D eigenvalue weighted by Crippen LogP contribution is -2.30. The monoisotopic (exact) mass is 140 g/mol. The number of hydrogen-bond acceptors (Lipinski definition) is 2. The quantitative estimate of drug-likeness (QED) is 0.567. The van der Waals surface area contributed by atoms with Crippen molar-refractivity contribution in [1.29, 1.82) is 0 Å². The summed E-state index contributed by atoms with van der Waals surface area (Å²) < 4.78 is 0. The highest BCUT2D eigenvalue weighted by atomic mass is 15.1. The standard InChI is InChI=1S/C8H16N2/c1-10-4-7(6-2-3-6)8(9)5-10/h6-8H,2-5,9H2,1H3/t7-,8+/m0/s1. The van der Waals surface area contributed by atoms with Crippen LogP contribution in [0.25, 0.3) is 0 Å². The van der Waals surface area contributed by atoms with Gasteiger partial charge in [0.1, 0.15) is 0 Å². The third-order valence-corrected chi connectivity index (χ3v) is 2.82. The summed E-state index contributed by atoms with van der Waals surface area (Å²) in [5.74, 6) is 1.81. The van der Waals surface area contributed by atoms with Gasteiger partial charge in [-0.25, -0.2) is 0 Å². The fourth-order valence-electron chi connectivity index (χ4n) is 2.09. The highest BCUT2D eigenvalue weighted by Gasteiger charge is 2.39. The van der Waals surface area contributed by atoms with E-state index in [1.54, 1.807) is 0 Å². The van der Waals surface area contributed by atoms with E-state index < -0.39 is 0 Å². The van der Waals surface area contributed by atoms with Crippen LogP contribution in [0.1, 0.15) is 12.8 Å². The van der Waals surface area contributed by atoms with Crippen LogP contribution in [0.5, 0.6) is 0 Å². The number of likely N-dealkylation sites (N-methyl/N-ethyl adjacent to an activating group) is 1. The Balaban J connectivity index is 1.95. The van der Waals surface area contributed by atoms with Gasteiger partial charge in [0.15, 0.2) is 0 Å². The minimum Gasteiger partial charge on any atom is -0.326 e. The molecule has 2 atom stereocenters. The number of hydrogen-bond donors (Lipinski definition) is 1. The van der Waals surface area contributed by atoms with E-state index in [1.807, 2.05) is 0 Å². The summed E-state index contributed by atoms with van der Waals surface area (Å²) in [7, 11) is 2.17. The maximum absolute atomic E-state index is 5.97. The van der Waals surface area contributed by atoms with Crippen LogP contribution in [0.3, 0.4) is 0 Å². The molecule has 2 heteroatoms. The largest absolute Gasteiger partial charge is 0.326 e. The predicted molar refractivity (Wildman–Crippen MR) is 41.7 cm³/mol. The summed E-state index contributed by atoms with van der Waals surface area (Å²) >= 11 is 0. The van der Waals surface area contributed by atoms with Gasteiger partial charge >= 0.3 is 0 Å². The van der Waals surface area contributed by atoms with Crippen molar-refractivity contribution in [3.8, 4) is 0 Å². The van der Waals surface area contributed by atoms with Crippen LogP contribution in [0.4, 0.5) is 0 Å². The van der Waals surface area contributed by atoms with Crippen LogP contribution >= 0.6 is 0 Å². The Morgan fingerprint density at radius 2 is 2.00 bits per heavy atom. The summed E-state index contributed by atoms with van der Waals surface area (Å²) in [4.78, 5) is 2.35. The van der Waals surface area contributed by atoms with Crippen molar-refractivity contribution in [2.45, 2.75) is 18.9 Å². The van der Waals surface area contributed by atoms with Gasteiger partial charge in [-0.1, -0.05) is 0 Å². The van der Waals surface area contributed by atoms with Gasteiger partial charge in [-0.15, -0.1) is 0 Å². The Morgan fingerprint density at radius 3 is 2.40 bits per heavy atom. The van der Waals surface area contributed by atoms with Gasteiger partial charge in [-0.2, -0.15) is 0 Å². The smallest absolute Gasteiger partial charge is 0.0211 e. The van der Waals surface area contributed by atoms with Gasteiger partial charge in [0.2, 0.25) is 0 Å².